The molecule has 3 aromatic rings. The van der Waals surface area contributed by atoms with Gasteiger partial charge in [-0.2, -0.15) is 0 Å². The number of rotatable bonds is 10. The summed E-state index contributed by atoms with van der Waals surface area (Å²) < 4.78 is 17.3. The monoisotopic (exact) mass is 608 g/mol. The van der Waals surface area contributed by atoms with Gasteiger partial charge in [0.2, 0.25) is 0 Å². The minimum atomic E-state index is -0.517. The lowest BCUT2D eigenvalue weighted by Gasteiger charge is -2.50. The molecule has 3 aliphatic rings. The van der Waals surface area contributed by atoms with E-state index in [4.69, 9.17) is 13.9 Å². The van der Waals surface area contributed by atoms with Crippen molar-refractivity contribution >= 4 is 34.4 Å². The van der Waals surface area contributed by atoms with Crippen molar-refractivity contribution in [3.63, 3.8) is 0 Å². The summed E-state index contributed by atoms with van der Waals surface area (Å²) in [6.07, 6.45) is 10.5. The molecule has 1 aromatic heterocycles. The minimum absolute atomic E-state index is 0.00178. The van der Waals surface area contributed by atoms with Crippen molar-refractivity contribution in [2.45, 2.75) is 97.3 Å². The number of fused-ring (bicyclic) bond motifs is 6. The molecule has 1 heterocycles. The fraction of sp³-hybridized carbons (Fsp3) is 0.462. The van der Waals surface area contributed by atoms with Gasteiger partial charge in [-0.1, -0.05) is 101 Å². The number of ketones is 2. The average molecular weight is 609 g/mol. The summed E-state index contributed by atoms with van der Waals surface area (Å²) in [6.45, 7) is 10.1. The largest absolute Gasteiger partial charge is 0.468 e. The van der Waals surface area contributed by atoms with E-state index < -0.39 is 17.3 Å². The molecule has 6 nitrogen and oxygen atoms in total. The Labute approximate surface area is 265 Å². The van der Waals surface area contributed by atoms with Gasteiger partial charge in [-0.15, -0.1) is 0 Å². The van der Waals surface area contributed by atoms with E-state index in [9.17, 15) is 14.4 Å². The third-order valence-corrected chi connectivity index (χ3v) is 10.6. The molecule has 6 heteroatoms. The number of methoxy groups -OCH3 is 1. The number of hydrogen-bond acceptors (Lipinski definition) is 6. The molecule has 0 bridgehead atoms. The third kappa shape index (κ3) is 4.97. The van der Waals surface area contributed by atoms with Crippen LogP contribution in [0.2, 0.25) is 0 Å². The summed E-state index contributed by atoms with van der Waals surface area (Å²) in [6, 6.07) is 12.0. The van der Waals surface area contributed by atoms with Crippen LogP contribution in [0.25, 0.3) is 16.8 Å². The first kappa shape index (κ1) is 31.1. The van der Waals surface area contributed by atoms with E-state index >= 15 is 0 Å². The molecule has 2 unspecified atom stereocenters. The van der Waals surface area contributed by atoms with E-state index in [0.717, 1.165) is 71.7 Å². The van der Waals surface area contributed by atoms with Gasteiger partial charge in [0.15, 0.2) is 5.78 Å². The van der Waals surface area contributed by atoms with Crippen molar-refractivity contribution in [2.75, 3.05) is 7.11 Å². The summed E-state index contributed by atoms with van der Waals surface area (Å²) in [5.74, 6) is -0.522. The Morgan fingerprint density at radius 3 is 2.36 bits per heavy atom. The molecule has 0 aliphatic heterocycles. The maximum Gasteiger partial charge on any atom is 0.308 e. The first-order valence-electron chi connectivity index (χ1n) is 16.4. The van der Waals surface area contributed by atoms with Crippen LogP contribution >= 0.6 is 0 Å². The Morgan fingerprint density at radius 1 is 1.04 bits per heavy atom. The highest BCUT2D eigenvalue weighted by molar-refractivity contribution is 6.15. The van der Waals surface area contributed by atoms with E-state index in [-0.39, 0.29) is 29.3 Å². The molecule has 3 aliphatic carbocycles. The first-order chi connectivity index (χ1) is 21.6. The smallest absolute Gasteiger partial charge is 0.308 e. The molecule has 0 radical (unpaired) electrons. The summed E-state index contributed by atoms with van der Waals surface area (Å²) in [7, 11) is 1.55. The molecule has 0 saturated heterocycles. The lowest BCUT2D eigenvalue weighted by Crippen LogP contribution is -2.46. The molecular weight excluding hydrogens is 564 g/mol. The number of furan rings is 1. The zero-order valence-electron chi connectivity index (χ0n) is 27.4. The lowest BCUT2D eigenvalue weighted by atomic mass is 9.52. The van der Waals surface area contributed by atoms with Gasteiger partial charge in [-0.3, -0.25) is 14.4 Å². The van der Waals surface area contributed by atoms with E-state index in [1.807, 2.05) is 24.3 Å². The second-order valence-corrected chi connectivity index (χ2v) is 13.7. The van der Waals surface area contributed by atoms with Gasteiger partial charge in [-0.25, -0.2) is 0 Å². The molecule has 0 spiro atoms. The standard InChI is InChI=1S/C39H44O6/c1-7-9-16-39(17-10-8-2)21-27-34(30(41)20-31(42)36(27)38(4,5)24-14-12-11-13-15-24)35-29(39)18-26-32(45-23(3)40)19-25-28(33(26)35)22-44-37(25)43-6/h11-15,18-19,22,35-36H,7-10,16-17,20-21H2,1-6H3. The van der Waals surface area contributed by atoms with Gasteiger partial charge >= 0.3 is 5.97 Å². The highest BCUT2D eigenvalue weighted by atomic mass is 16.6. The Hall–Kier alpha value is -3.93. The van der Waals surface area contributed by atoms with Crippen LogP contribution in [-0.2, 0) is 19.8 Å². The number of benzene rings is 2. The van der Waals surface area contributed by atoms with Gasteiger partial charge in [0.1, 0.15) is 17.8 Å². The summed E-state index contributed by atoms with van der Waals surface area (Å²) in [5, 5.41) is 1.54. The van der Waals surface area contributed by atoms with Crippen molar-refractivity contribution in [3.05, 3.63) is 76.1 Å². The molecule has 6 rings (SSSR count). The SMILES string of the molecule is CCCCC1(CCCC)CC2=C(C(=O)CC(=O)C2C(C)(C)c2ccccc2)C2C1=Cc1c(OC(C)=O)cc3c(OC)occ3c12. The molecule has 236 valence electrons. The molecule has 2 aromatic carbocycles. The second-order valence-electron chi connectivity index (χ2n) is 13.7. The van der Waals surface area contributed by atoms with Gasteiger partial charge in [0.05, 0.1) is 18.9 Å². The van der Waals surface area contributed by atoms with Crippen LogP contribution in [0.5, 0.6) is 11.7 Å². The van der Waals surface area contributed by atoms with Gasteiger partial charge in [0.25, 0.3) is 5.95 Å². The van der Waals surface area contributed by atoms with Crippen LogP contribution < -0.4 is 9.47 Å². The quantitative estimate of drug-likeness (QED) is 0.130. The Morgan fingerprint density at radius 2 is 1.73 bits per heavy atom. The Kier molecular flexibility index (Phi) is 8.13. The topological polar surface area (TPSA) is 82.8 Å². The molecular formula is C39H44O6. The van der Waals surface area contributed by atoms with Crippen molar-refractivity contribution in [1.82, 2.24) is 0 Å². The minimum Gasteiger partial charge on any atom is -0.468 e. The van der Waals surface area contributed by atoms with E-state index in [0.29, 0.717) is 23.5 Å². The van der Waals surface area contributed by atoms with Gasteiger partial charge < -0.3 is 13.9 Å². The van der Waals surface area contributed by atoms with E-state index in [1.165, 1.54) is 12.5 Å². The fourth-order valence-electron chi connectivity index (χ4n) is 8.58. The maximum atomic E-state index is 14.3. The van der Waals surface area contributed by atoms with Gasteiger partial charge in [0, 0.05) is 40.7 Å². The summed E-state index contributed by atoms with van der Waals surface area (Å²) in [4.78, 5) is 40.8. The lowest BCUT2D eigenvalue weighted by molar-refractivity contribution is -0.132. The van der Waals surface area contributed by atoms with Crippen molar-refractivity contribution in [3.8, 4) is 11.7 Å². The summed E-state index contributed by atoms with van der Waals surface area (Å²) in [5.41, 5.74) is 5.00. The molecule has 45 heavy (non-hydrogen) atoms. The van der Waals surface area contributed by atoms with Gasteiger partial charge in [-0.05, 0) is 41.9 Å². The first-order valence-corrected chi connectivity index (χ1v) is 16.4. The van der Waals surface area contributed by atoms with Crippen molar-refractivity contribution in [1.29, 1.82) is 0 Å². The van der Waals surface area contributed by atoms with Crippen LogP contribution in [0.1, 0.15) is 109 Å². The fourth-order valence-corrected chi connectivity index (χ4v) is 8.58. The van der Waals surface area contributed by atoms with Crippen molar-refractivity contribution < 1.29 is 28.3 Å². The Balaban J connectivity index is 1.68. The number of Topliss-reactive ketones (excluding diaryl/α,β-unsaturated/α-hetero) is 2. The van der Waals surface area contributed by atoms with Crippen LogP contribution in [-0.4, -0.2) is 24.6 Å². The number of ether oxygens (including phenoxy) is 2. The number of hydrogen-bond donors (Lipinski definition) is 0. The van der Waals surface area contributed by atoms with E-state index in [1.54, 1.807) is 13.4 Å². The Bertz CT molecular complexity index is 1730. The molecule has 0 saturated carbocycles. The average Bonchev–Trinajstić information content (AvgIpc) is 3.61. The van der Waals surface area contributed by atoms with Crippen LogP contribution in [0.4, 0.5) is 0 Å². The summed E-state index contributed by atoms with van der Waals surface area (Å²) >= 11 is 0. The molecule has 0 N–H and O–H groups in total. The normalized spacial score (nSPS) is 20.5. The number of carbonyl (C=O) groups excluding carboxylic acids is 3. The van der Waals surface area contributed by atoms with Crippen LogP contribution in [0.15, 0.2) is 63.8 Å². The number of esters is 1. The molecule has 0 amide bonds. The number of unbranched alkanes of at least 4 members (excludes halogenated alkanes) is 2. The zero-order chi connectivity index (χ0) is 32.1. The third-order valence-electron chi connectivity index (χ3n) is 10.6. The zero-order valence-corrected chi connectivity index (χ0v) is 27.4. The number of allylic oxidation sites excluding steroid dienone is 3. The number of carbonyl (C=O) groups is 3. The van der Waals surface area contributed by atoms with Crippen molar-refractivity contribution in [2.24, 2.45) is 11.3 Å². The maximum absolute atomic E-state index is 14.3. The highest BCUT2D eigenvalue weighted by Crippen LogP contribution is 2.65. The van der Waals surface area contributed by atoms with E-state index in [2.05, 4.69) is 45.9 Å². The molecule has 2 atom stereocenters. The van der Waals surface area contributed by atoms with Crippen LogP contribution in [0.3, 0.4) is 0 Å². The molecule has 0 fully saturated rings. The predicted octanol–water partition coefficient (Wildman–Crippen LogP) is 9.05. The second kappa shape index (κ2) is 11.8. The predicted molar refractivity (Wildman–Crippen MR) is 176 cm³/mol. The highest BCUT2D eigenvalue weighted by Gasteiger charge is 2.55. The van der Waals surface area contributed by atoms with Crippen LogP contribution in [0, 0.1) is 11.3 Å².